The number of aromatic nitrogens is 2. The van der Waals surface area contributed by atoms with Crippen molar-refractivity contribution in [2.45, 2.75) is 39.4 Å². The van der Waals surface area contributed by atoms with E-state index in [1.807, 2.05) is 61.6 Å². The van der Waals surface area contributed by atoms with Gasteiger partial charge in [-0.05, 0) is 30.2 Å². The predicted molar refractivity (Wildman–Crippen MR) is 121 cm³/mol. The Hall–Kier alpha value is -2.99. The highest BCUT2D eigenvalue weighted by molar-refractivity contribution is 5.49. The zero-order valence-electron chi connectivity index (χ0n) is 18.5. The predicted octanol–water partition coefficient (Wildman–Crippen LogP) is 4.67. The molecular weight excluding hydrogens is 391 g/mol. The van der Waals surface area contributed by atoms with Crippen LogP contribution in [0.2, 0.25) is 0 Å². The first-order chi connectivity index (χ1) is 15.2. The highest BCUT2D eigenvalue weighted by Gasteiger charge is 2.28. The Morgan fingerprint density at radius 2 is 1.81 bits per heavy atom. The zero-order valence-corrected chi connectivity index (χ0v) is 18.5. The molecule has 5 nitrogen and oxygen atoms in total. The molecule has 31 heavy (non-hydrogen) atoms. The molecule has 0 saturated carbocycles. The third-order valence-electron chi connectivity index (χ3n) is 5.73. The van der Waals surface area contributed by atoms with Crippen LogP contribution < -0.4 is 0 Å². The van der Waals surface area contributed by atoms with Gasteiger partial charge >= 0.3 is 0 Å². The van der Waals surface area contributed by atoms with Gasteiger partial charge in [-0.1, -0.05) is 56.3 Å². The van der Waals surface area contributed by atoms with Gasteiger partial charge in [0.05, 0.1) is 24.1 Å². The number of piperazine rings is 1. The molecule has 4 rings (SSSR count). The number of nitrogens with zero attached hydrogens (tertiary/aromatic N) is 4. The molecule has 1 fully saturated rings. The summed E-state index contributed by atoms with van der Waals surface area (Å²) in [6.07, 6.45) is 4.68. The highest BCUT2D eigenvalue weighted by atomic mass is 19.1. The maximum absolute atomic E-state index is 13.3. The average Bonchev–Trinajstić information content (AvgIpc) is 3.29. The molecule has 2 unspecified atom stereocenters. The molecule has 2 atom stereocenters. The molecular formula is C25H31FN4O. The Morgan fingerprint density at radius 1 is 1.10 bits per heavy atom. The molecule has 1 aliphatic heterocycles. The van der Waals surface area contributed by atoms with E-state index in [0.29, 0.717) is 6.54 Å². The van der Waals surface area contributed by atoms with Crippen molar-refractivity contribution in [1.82, 2.24) is 19.4 Å². The van der Waals surface area contributed by atoms with E-state index in [1.165, 1.54) is 12.1 Å². The number of amides is 1. The quantitative estimate of drug-likeness (QED) is 0.542. The van der Waals surface area contributed by atoms with Gasteiger partial charge in [-0.2, -0.15) is 0 Å². The molecule has 1 saturated heterocycles. The maximum Gasteiger partial charge on any atom is 0.210 e. The number of hydrogen-bond acceptors (Lipinski definition) is 3. The number of benzene rings is 2. The first kappa shape index (κ1) is 22.7. The van der Waals surface area contributed by atoms with E-state index < -0.39 is 0 Å². The normalized spacial score (nSPS) is 17.5. The molecule has 3 aromatic rings. The summed E-state index contributed by atoms with van der Waals surface area (Å²) < 4.78 is 15.4. The second-order valence-electron chi connectivity index (χ2n) is 7.52. The standard InChI is InChI=1S/C23H25FN4O.C2H6/c1-18(19-7-9-21(24)10-8-19)28-16-25-13-22(28)14-26-11-12-27(17-29)23(15-26)20-5-3-2-4-6-20;1-2/h2-10,13,16-18,23H,11-12,14-15H2,1H3;1-2H3. The second kappa shape index (κ2) is 10.9. The van der Waals surface area contributed by atoms with Crippen LogP contribution in [-0.4, -0.2) is 45.4 Å². The molecule has 2 heterocycles. The van der Waals surface area contributed by atoms with E-state index in [-0.39, 0.29) is 17.9 Å². The van der Waals surface area contributed by atoms with Crippen molar-refractivity contribution in [3.05, 3.63) is 89.8 Å². The van der Waals surface area contributed by atoms with Crippen molar-refractivity contribution >= 4 is 6.41 Å². The average molecular weight is 423 g/mol. The van der Waals surface area contributed by atoms with Crippen LogP contribution in [0.15, 0.2) is 67.1 Å². The maximum atomic E-state index is 13.3. The minimum absolute atomic E-state index is 0.0494. The van der Waals surface area contributed by atoms with Crippen molar-refractivity contribution in [3.8, 4) is 0 Å². The van der Waals surface area contributed by atoms with Crippen LogP contribution in [0.5, 0.6) is 0 Å². The topological polar surface area (TPSA) is 41.4 Å². The number of hydrogen-bond donors (Lipinski definition) is 0. The Morgan fingerprint density at radius 3 is 2.48 bits per heavy atom. The van der Waals surface area contributed by atoms with E-state index in [2.05, 4.69) is 33.5 Å². The summed E-state index contributed by atoms with van der Waals surface area (Å²) in [6, 6.07) is 16.9. The number of carbonyl (C=O) groups is 1. The molecule has 164 valence electrons. The van der Waals surface area contributed by atoms with Gasteiger partial charge in [0.2, 0.25) is 6.41 Å². The lowest BCUT2D eigenvalue weighted by molar-refractivity contribution is -0.123. The van der Waals surface area contributed by atoms with E-state index in [4.69, 9.17) is 0 Å². The minimum Gasteiger partial charge on any atom is -0.336 e. The van der Waals surface area contributed by atoms with Gasteiger partial charge in [0, 0.05) is 32.4 Å². The lowest BCUT2D eigenvalue weighted by Gasteiger charge is -2.40. The Kier molecular flexibility index (Phi) is 7.95. The first-order valence-corrected chi connectivity index (χ1v) is 10.9. The summed E-state index contributed by atoms with van der Waals surface area (Å²) in [4.78, 5) is 20.2. The summed E-state index contributed by atoms with van der Waals surface area (Å²) in [5, 5.41) is 0. The summed E-state index contributed by atoms with van der Waals surface area (Å²) in [7, 11) is 0. The van der Waals surface area contributed by atoms with Crippen molar-refractivity contribution in [1.29, 1.82) is 0 Å². The molecule has 1 amide bonds. The third-order valence-corrected chi connectivity index (χ3v) is 5.73. The summed E-state index contributed by atoms with van der Waals surface area (Å²) in [5.74, 6) is -0.230. The Balaban J connectivity index is 0.00000132. The lowest BCUT2D eigenvalue weighted by atomic mass is 10.0. The van der Waals surface area contributed by atoms with Crippen LogP contribution in [0.25, 0.3) is 0 Å². The fourth-order valence-corrected chi connectivity index (χ4v) is 4.03. The summed E-state index contributed by atoms with van der Waals surface area (Å²) in [5.41, 5.74) is 3.30. The van der Waals surface area contributed by atoms with Crippen LogP contribution in [0.4, 0.5) is 4.39 Å². The van der Waals surface area contributed by atoms with Crippen LogP contribution >= 0.6 is 0 Å². The van der Waals surface area contributed by atoms with Gasteiger partial charge in [-0.3, -0.25) is 9.69 Å². The highest BCUT2D eigenvalue weighted by Crippen LogP contribution is 2.26. The molecule has 1 aliphatic rings. The molecule has 0 radical (unpaired) electrons. The lowest BCUT2D eigenvalue weighted by Crippen LogP contribution is -2.47. The van der Waals surface area contributed by atoms with Crippen LogP contribution in [0, 0.1) is 5.82 Å². The van der Waals surface area contributed by atoms with Crippen molar-refractivity contribution in [2.24, 2.45) is 0 Å². The van der Waals surface area contributed by atoms with Gasteiger partial charge in [-0.15, -0.1) is 0 Å². The van der Waals surface area contributed by atoms with Gasteiger partial charge < -0.3 is 9.47 Å². The summed E-state index contributed by atoms with van der Waals surface area (Å²) >= 11 is 0. The number of carbonyl (C=O) groups excluding carboxylic acids is 1. The molecule has 2 aromatic carbocycles. The SMILES string of the molecule is CC.CC(c1ccc(F)cc1)n1cncc1CN1CCN(C=O)C(c2ccccc2)C1. The van der Waals surface area contributed by atoms with Gasteiger partial charge in [0.25, 0.3) is 0 Å². The van der Waals surface area contributed by atoms with Gasteiger partial charge in [0.15, 0.2) is 0 Å². The number of imidazole rings is 1. The Labute approximate surface area is 184 Å². The van der Waals surface area contributed by atoms with Crippen molar-refractivity contribution in [3.63, 3.8) is 0 Å². The molecule has 0 spiro atoms. The van der Waals surface area contributed by atoms with Crippen LogP contribution in [-0.2, 0) is 11.3 Å². The fraction of sp³-hybridized carbons (Fsp3) is 0.360. The molecule has 6 heteroatoms. The van der Waals surface area contributed by atoms with Crippen LogP contribution in [0.1, 0.15) is 49.7 Å². The van der Waals surface area contributed by atoms with E-state index in [1.54, 1.807) is 0 Å². The number of rotatable bonds is 6. The van der Waals surface area contributed by atoms with Crippen molar-refractivity contribution in [2.75, 3.05) is 19.6 Å². The minimum atomic E-state index is -0.230. The third kappa shape index (κ3) is 5.39. The van der Waals surface area contributed by atoms with E-state index >= 15 is 0 Å². The smallest absolute Gasteiger partial charge is 0.210 e. The Bertz CT molecular complexity index is 942. The molecule has 0 bridgehead atoms. The monoisotopic (exact) mass is 422 g/mol. The second-order valence-corrected chi connectivity index (χ2v) is 7.52. The summed E-state index contributed by atoms with van der Waals surface area (Å²) in [6.45, 7) is 9.14. The van der Waals surface area contributed by atoms with E-state index in [0.717, 1.165) is 42.9 Å². The van der Waals surface area contributed by atoms with Crippen LogP contribution in [0.3, 0.4) is 0 Å². The van der Waals surface area contributed by atoms with Gasteiger partial charge in [0.1, 0.15) is 5.82 Å². The first-order valence-electron chi connectivity index (χ1n) is 10.9. The molecule has 0 N–H and O–H groups in total. The zero-order chi connectivity index (χ0) is 22.2. The molecule has 1 aromatic heterocycles. The van der Waals surface area contributed by atoms with Crippen molar-refractivity contribution < 1.29 is 9.18 Å². The molecule has 0 aliphatic carbocycles. The largest absolute Gasteiger partial charge is 0.336 e. The number of halogens is 1. The van der Waals surface area contributed by atoms with Gasteiger partial charge in [-0.25, -0.2) is 9.37 Å². The van der Waals surface area contributed by atoms with E-state index in [9.17, 15) is 9.18 Å². The fourth-order valence-electron chi connectivity index (χ4n) is 4.03.